The van der Waals surface area contributed by atoms with Gasteiger partial charge in [0.15, 0.2) is 0 Å². The van der Waals surface area contributed by atoms with Gasteiger partial charge in [0.05, 0.1) is 19.1 Å². The number of hydrogen-bond acceptors (Lipinski definition) is 3. The molecule has 0 bridgehead atoms. The molecule has 2 aromatic carbocycles. The van der Waals surface area contributed by atoms with Gasteiger partial charge < -0.3 is 9.47 Å². The molecule has 0 amide bonds. The molecule has 3 heteroatoms. The summed E-state index contributed by atoms with van der Waals surface area (Å²) in [6.07, 6.45) is 0.105. The van der Waals surface area contributed by atoms with Gasteiger partial charge in [0.1, 0.15) is 6.61 Å². The van der Waals surface area contributed by atoms with Crippen molar-refractivity contribution in [2.45, 2.75) is 32.7 Å². The number of carbonyl (C=O) groups is 1. The lowest BCUT2D eigenvalue weighted by Crippen LogP contribution is -2.16. The predicted octanol–water partition coefficient (Wildman–Crippen LogP) is 3.73. The number of esters is 1. The van der Waals surface area contributed by atoms with Crippen LogP contribution in [0.15, 0.2) is 60.7 Å². The summed E-state index contributed by atoms with van der Waals surface area (Å²) in [6.45, 7) is 2.70. The van der Waals surface area contributed by atoms with Crippen LogP contribution in [0.2, 0.25) is 0 Å². The summed E-state index contributed by atoms with van der Waals surface area (Å²) in [6, 6.07) is 19.6. The Morgan fingerprint density at radius 3 is 2.00 bits per heavy atom. The van der Waals surface area contributed by atoms with E-state index in [1.165, 1.54) is 0 Å². The monoisotopic (exact) mass is 284 g/mol. The molecule has 0 fully saturated rings. The number of hydrogen-bond donors (Lipinski definition) is 0. The van der Waals surface area contributed by atoms with Gasteiger partial charge in [-0.1, -0.05) is 60.7 Å². The largest absolute Gasteiger partial charge is 0.461 e. The van der Waals surface area contributed by atoms with Gasteiger partial charge in [0, 0.05) is 0 Å². The standard InChI is InChI=1S/C18H20O3/c1-15(20-13-16-8-4-2-5-9-16)12-18(19)21-14-17-10-6-3-7-11-17/h2-11,15H,12-14H2,1H3/t15-/m1/s1. The van der Waals surface area contributed by atoms with Crippen molar-refractivity contribution in [3.63, 3.8) is 0 Å². The second-order valence-corrected chi connectivity index (χ2v) is 4.96. The van der Waals surface area contributed by atoms with E-state index in [4.69, 9.17) is 9.47 Å². The third-order valence-electron chi connectivity index (χ3n) is 3.07. The molecule has 0 aliphatic rings. The normalized spacial score (nSPS) is 11.9. The first kappa shape index (κ1) is 15.3. The third-order valence-corrected chi connectivity index (χ3v) is 3.07. The van der Waals surface area contributed by atoms with Crippen LogP contribution in [-0.2, 0) is 27.5 Å². The second-order valence-electron chi connectivity index (χ2n) is 4.96. The van der Waals surface area contributed by atoms with Gasteiger partial charge in [-0.3, -0.25) is 4.79 Å². The second kappa shape index (κ2) is 8.22. The molecule has 0 aliphatic heterocycles. The maximum atomic E-state index is 11.7. The molecular weight excluding hydrogens is 264 g/mol. The van der Waals surface area contributed by atoms with Crippen molar-refractivity contribution >= 4 is 5.97 Å². The Morgan fingerprint density at radius 2 is 1.43 bits per heavy atom. The minimum atomic E-state index is -0.237. The summed E-state index contributed by atoms with van der Waals surface area (Å²) in [4.78, 5) is 11.7. The van der Waals surface area contributed by atoms with E-state index >= 15 is 0 Å². The molecule has 0 saturated heterocycles. The van der Waals surface area contributed by atoms with Crippen LogP contribution in [0.5, 0.6) is 0 Å². The van der Waals surface area contributed by atoms with Gasteiger partial charge >= 0.3 is 5.97 Å². The maximum absolute atomic E-state index is 11.7. The van der Waals surface area contributed by atoms with Crippen molar-refractivity contribution in [2.75, 3.05) is 0 Å². The fourth-order valence-corrected chi connectivity index (χ4v) is 1.90. The fourth-order valence-electron chi connectivity index (χ4n) is 1.90. The van der Waals surface area contributed by atoms with Crippen molar-refractivity contribution in [2.24, 2.45) is 0 Å². The molecular formula is C18H20O3. The molecule has 0 unspecified atom stereocenters. The van der Waals surface area contributed by atoms with Crippen LogP contribution in [0.4, 0.5) is 0 Å². The highest BCUT2D eigenvalue weighted by molar-refractivity contribution is 5.69. The van der Waals surface area contributed by atoms with Gasteiger partial charge in [-0.05, 0) is 18.1 Å². The number of carbonyl (C=O) groups excluding carboxylic acids is 1. The van der Waals surface area contributed by atoms with Crippen molar-refractivity contribution < 1.29 is 14.3 Å². The summed E-state index contributed by atoms with van der Waals surface area (Å²) in [5, 5.41) is 0. The molecule has 21 heavy (non-hydrogen) atoms. The molecule has 0 N–H and O–H groups in total. The van der Waals surface area contributed by atoms with E-state index in [1.54, 1.807) is 0 Å². The van der Waals surface area contributed by atoms with Crippen molar-refractivity contribution in [1.82, 2.24) is 0 Å². The Balaban J connectivity index is 1.67. The molecule has 0 radical (unpaired) electrons. The van der Waals surface area contributed by atoms with Crippen LogP contribution in [0, 0.1) is 0 Å². The lowest BCUT2D eigenvalue weighted by atomic mass is 10.2. The van der Waals surface area contributed by atoms with Crippen LogP contribution in [0.25, 0.3) is 0 Å². The van der Waals surface area contributed by atoms with Gasteiger partial charge in [0.25, 0.3) is 0 Å². The number of rotatable bonds is 7. The van der Waals surface area contributed by atoms with Crippen LogP contribution < -0.4 is 0 Å². The van der Waals surface area contributed by atoms with Crippen LogP contribution in [0.1, 0.15) is 24.5 Å². The Kier molecular flexibility index (Phi) is 5.98. The molecule has 3 nitrogen and oxygen atoms in total. The molecule has 0 spiro atoms. The van der Waals surface area contributed by atoms with E-state index in [1.807, 2.05) is 67.6 Å². The molecule has 0 aromatic heterocycles. The van der Waals surface area contributed by atoms with Crippen LogP contribution >= 0.6 is 0 Å². The minimum absolute atomic E-state index is 0.159. The average molecular weight is 284 g/mol. The van der Waals surface area contributed by atoms with Gasteiger partial charge in [0.2, 0.25) is 0 Å². The van der Waals surface area contributed by atoms with Crippen molar-refractivity contribution in [3.05, 3.63) is 71.8 Å². The predicted molar refractivity (Wildman–Crippen MR) is 81.5 cm³/mol. The van der Waals surface area contributed by atoms with E-state index in [-0.39, 0.29) is 18.5 Å². The zero-order valence-electron chi connectivity index (χ0n) is 12.2. The molecule has 0 saturated carbocycles. The molecule has 2 rings (SSSR count). The number of benzene rings is 2. The lowest BCUT2D eigenvalue weighted by molar-refractivity contribution is -0.148. The first-order valence-corrected chi connectivity index (χ1v) is 7.09. The first-order chi connectivity index (χ1) is 10.2. The number of ether oxygens (including phenoxy) is 2. The summed E-state index contributed by atoms with van der Waals surface area (Å²) in [5.41, 5.74) is 2.09. The summed E-state index contributed by atoms with van der Waals surface area (Å²) in [7, 11) is 0. The Bertz CT molecular complexity index is 537. The van der Waals surface area contributed by atoms with Crippen molar-refractivity contribution in [3.8, 4) is 0 Å². The lowest BCUT2D eigenvalue weighted by Gasteiger charge is -2.12. The quantitative estimate of drug-likeness (QED) is 0.727. The van der Waals surface area contributed by atoms with E-state index in [0.717, 1.165) is 11.1 Å². The maximum Gasteiger partial charge on any atom is 0.308 e. The molecule has 110 valence electrons. The topological polar surface area (TPSA) is 35.5 Å². The van der Waals surface area contributed by atoms with Crippen LogP contribution in [0.3, 0.4) is 0 Å². The zero-order valence-corrected chi connectivity index (χ0v) is 12.2. The third kappa shape index (κ3) is 5.79. The molecule has 1 atom stereocenters. The SMILES string of the molecule is C[C@H](CC(=O)OCc1ccccc1)OCc1ccccc1. The minimum Gasteiger partial charge on any atom is -0.461 e. The Labute approximate surface area is 125 Å². The Morgan fingerprint density at radius 1 is 0.905 bits per heavy atom. The van der Waals surface area contributed by atoms with Crippen molar-refractivity contribution in [1.29, 1.82) is 0 Å². The average Bonchev–Trinajstić information content (AvgIpc) is 2.53. The molecule has 2 aromatic rings. The van der Waals surface area contributed by atoms with Crippen LogP contribution in [-0.4, -0.2) is 12.1 Å². The summed E-state index contributed by atoms with van der Waals surface area (Å²) in [5.74, 6) is -0.237. The van der Waals surface area contributed by atoms with Gasteiger partial charge in [-0.15, -0.1) is 0 Å². The highest BCUT2D eigenvalue weighted by Crippen LogP contribution is 2.08. The van der Waals surface area contributed by atoms with E-state index in [2.05, 4.69) is 0 Å². The fraction of sp³-hybridized carbons (Fsp3) is 0.278. The van der Waals surface area contributed by atoms with Gasteiger partial charge in [-0.25, -0.2) is 0 Å². The molecule has 0 heterocycles. The Hall–Kier alpha value is -2.13. The smallest absolute Gasteiger partial charge is 0.308 e. The molecule has 0 aliphatic carbocycles. The van der Waals surface area contributed by atoms with Gasteiger partial charge in [-0.2, -0.15) is 0 Å². The zero-order chi connectivity index (χ0) is 14.9. The van der Waals surface area contributed by atoms with E-state index in [0.29, 0.717) is 13.2 Å². The van der Waals surface area contributed by atoms with E-state index in [9.17, 15) is 4.79 Å². The van der Waals surface area contributed by atoms with E-state index < -0.39 is 0 Å². The summed E-state index contributed by atoms with van der Waals surface area (Å²) >= 11 is 0. The highest BCUT2D eigenvalue weighted by atomic mass is 16.5. The highest BCUT2D eigenvalue weighted by Gasteiger charge is 2.11. The summed E-state index contributed by atoms with van der Waals surface area (Å²) < 4.78 is 10.9. The first-order valence-electron chi connectivity index (χ1n) is 7.09.